The first-order chi connectivity index (χ1) is 17.7. The van der Waals surface area contributed by atoms with E-state index < -0.39 is 27.7 Å². The van der Waals surface area contributed by atoms with Gasteiger partial charge in [0.15, 0.2) is 6.10 Å². The van der Waals surface area contributed by atoms with Crippen molar-refractivity contribution in [3.05, 3.63) is 75.8 Å². The van der Waals surface area contributed by atoms with Gasteiger partial charge in [0, 0.05) is 16.7 Å². The molecule has 0 saturated carbocycles. The molecule has 38 heavy (non-hydrogen) atoms. The molecule has 0 radical (unpaired) electrons. The highest BCUT2D eigenvalue weighted by Gasteiger charge is 2.39. The molecular formula is C30H32N2O5S. The van der Waals surface area contributed by atoms with E-state index in [-0.39, 0.29) is 6.54 Å². The number of anilines is 1. The predicted octanol–water partition coefficient (Wildman–Crippen LogP) is 6.04. The topological polar surface area (TPSA) is 108 Å². The molecule has 0 fully saturated rings. The van der Waals surface area contributed by atoms with E-state index in [2.05, 4.69) is 6.07 Å². The standard InChI is InChI=1S/C30H32N2O5S/c1-17-11-13-20(14-12-17)23-18(2)24-26-21(15-31)9-8-10-22(26)16-32(38(7,35)36)27(24)19(3)25(23)28(29(33)34)37-30(4,5)6/h8-14,28H,16H2,1-7H3,(H,33,34)/t28-/m0/s1. The molecule has 0 aliphatic carbocycles. The van der Waals surface area contributed by atoms with Crippen LogP contribution >= 0.6 is 0 Å². The molecule has 1 N–H and O–H groups in total. The lowest BCUT2D eigenvalue weighted by Crippen LogP contribution is -2.35. The molecule has 3 aromatic carbocycles. The number of nitrogens with zero attached hydrogens (tertiary/aromatic N) is 2. The van der Waals surface area contributed by atoms with Crippen molar-refractivity contribution in [3.63, 3.8) is 0 Å². The monoisotopic (exact) mass is 532 g/mol. The van der Waals surface area contributed by atoms with E-state index in [9.17, 15) is 23.6 Å². The minimum Gasteiger partial charge on any atom is -0.479 e. The number of hydrogen-bond acceptors (Lipinski definition) is 5. The van der Waals surface area contributed by atoms with Crippen LogP contribution in [0.2, 0.25) is 0 Å². The number of nitriles is 1. The van der Waals surface area contributed by atoms with Crippen LogP contribution in [-0.2, 0) is 26.1 Å². The Morgan fingerprint density at radius 1 is 1.03 bits per heavy atom. The Kier molecular flexibility index (Phi) is 6.89. The van der Waals surface area contributed by atoms with Crippen LogP contribution in [0, 0.1) is 32.1 Å². The molecule has 7 nitrogen and oxygen atoms in total. The molecule has 1 atom stereocenters. The molecule has 0 aromatic heterocycles. The molecule has 1 aliphatic rings. The second-order valence-electron chi connectivity index (χ2n) is 10.8. The Bertz CT molecular complexity index is 1590. The number of carboxylic acid groups (broad SMARTS) is 1. The third kappa shape index (κ3) is 4.80. The Morgan fingerprint density at radius 3 is 2.18 bits per heavy atom. The van der Waals surface area contributed by atoms with Crippen molar-refractivity contribution in [2.75, 3.05) is 10.6 Å². The van der Waals surface area contributed by atoms with Crippen LogP contribution in [0.15, 0.2) is 42.5 Å². The van der Waals surface area contributed by atoms with Gasteiger partial charge >= 0.3 is 5.97 Å². The van der Waals surface area contributed by atoms with Gasteiger partial charge in [0.05, 0.1) is 35.7 Å². The molecular weight excluding hydrogens is 500 g/mol. The van der Waals surface area contributed by atoms with E-state index in [4.69, 9.17) is 4.74 Å². The highest BCUT2D eigenvalue weighted by atomic mass is 32.2. The lowest BCUT2D eigenvalue weighted by molar-refractivity contribution is -0.160. The second-order valence-corrected chi connectivity index (χ2v) is 12.7. The highest BCUT2D eigenvalue weighted by Crippen LogP contribution is 2.52. The fourth-order valence-electron chi connectivity index (χ4n) is 5.27. The Morgan fingerprint density at radius 2 is 1.66 bits per heavy atom. The highest BCUT2D eigenvalue weighted by molar-refractivity contribution is 7.92. The summed E-state index contributed by atoms with van der Waals surface area (Å²) in [6, 6.07) is 15.3. The van der Waals surface area contributed by atoms with Crippen LogP contribution in [0.1, 0.15) is 60.3 Å². The van der Waals surface area contributed by atoms with Gasteiger partial charge in [-0.1, -0.05) is 42.0 Å². The summed E-state index contributed by atoms with van der Waals surface area (Å²) in [4.78, 5) is 12.7. The number of carbonyl (C=O) groups is 1. The van der Waals surface area contributed by atoms with Gasteiger partial charge < -0.3 is 9.84 Å². The molecule has 0 bridgehead atoms. The first-order valence-electron chi connectivity index (χ1n) is 12.3. The molecule has 198 valence electrons. The van der Waals surface area contributed by atoms with Gasteiger partial charge in [-0.15, -0.1) is 0 Å². The number of hydrogen-bond donors (Lipinski definition) is 1. The lowest BCUT2D eigenvalue weighted by Gasteiger charge is -2.37. The largest absolute Gasteiger partial charge is 0.479 e. The summed E-state index contributed by atoms with van der Waals surface area (Å²) in [7, 11) is -3.76. The number of benzene rings is 3. The third-order valence-corrected chi connectivity index (χ3v) is 7.91. The molecule has 0 spiro atoms. The summed E-state index contributed by atoms with van der Waals surface area (Å²) >= 11 is 0. The fourth-order valence-corrected chi connectivity index (χ4v) is 6.20. The Labute approximate surface area is 224 Å². The van der Waals surface area contributed by atoms with Crippen LogP contribution < -0.4 is 4.31 Å². The number of aliphatic carboxylic acids is 1. The van der Waals surface area contributed by atoms with Gasteiger partial charge in [0.1, 0.15) is 0 Å². The number of carboxylic acids is 1. The molecule has 4 rings (SSSR count). The maximum absolute atomic E-state index is 13.1. The molecule has 8 heteroatoms. The Hall–Kier alpha value is -3.67. The molecule has 1 aliphatic heterocycles. The average Bonchev–Trinajstić information content (AvgIpc) is 2.82. The minimum atomic E-state index is -3.76. The zero-order valence-electron chi connectivity index (χ0n) is 22.7. The number of ether oxygens (including phenoxy) is 1. The maximum atomic E-state index is 13.1. The van der Waals surface area contributed by atoms with Gasteiger partial charge in [0.2, 0.25) is 10.0 Å². The number of sulfonamides is 1. The van der Waals surface area contributed by atoms with Crippen LogP contribution in [-0.4, -0.2) is 31.4 Å². The SMILES string of the molecule is Cc1ccc(-c2c(C)c3c(c(C)c2[C@H](OC(C)(C)C)C(=O)O)N(S(C)(=O)=O)Cc2cccc(C#N)c2-3)cc1. The maximum Gasteiger partial charge on any atom is 0.337 e. The van der Waals surface area contributed by atoms with Crippen LogP contribution in [0.5, 0.6) is 0 Å². The van der Waals surface area contributed by atoms with Gasteiger partial charge in [-0.25, -0.2) is 13.2 Å². The van der Waals surface area contributed by atoms with E-state index >= 15 is 0 Å². The predicted molar refractivity (Wildman–Crippen MR) is 148 cm³/mol. The minimum absolute atomic E-state index is 0.0398. The van der Waals surface area contributed by atoms with Crippen molar-refractivity contribution in [3.8, 4) is 28.3 Å². The summed E-state index contributed by atoms with van der Waals surface area (Å²) in [5.41, 5.74) is 6.10. The van der Waals surface area contributed by atoms with Crippen molar-refractivity contribution >= 4 is 21.7 Å². The van der Waals surface area contributed by atoms with E-state index in [0.717, 1.165) is 17.4 Å². The van der Waals surface area contributed by atoms with Crippen molar-refractivity contribution in [2.24, 2.45) is 0 Å². The number of fused-ring (bicyclic) bond motifs is 3. The van der Waals surface area contributed by atoms with Crippen molar-refractivity contribution < 1.29 is 23.1 Å². The van der Waals surface area contributed by atoms with Gasteiger partial charge in [-0.05, 0) is 75.4 Å². The van der Waals surface area contributed by atoms with Gasteiger partial charge in [-0.3, -0.25) is 4.31 Å². The lowest BCUT2D eigenvalue weighted by atomic mass is 9.79. The first kappa shape index (κ1) is 27.4. The number of aryl methyl sites for hydroxylation is 1. The van der Waals surface area contributed by atoms with Crippen molar-refractivity contribution in [2.45, 2.75) is 59.8 Å². The van der Waals surface area contributed by atoms with Crippen LogP contribution in [0.4, 0.5) is 5.69 Å². The molecule has 0 saturated heterocycles. The summed E-state index contributed by atoms with van der Waals surface area (Å²) < 4.78 is 33.7. The molecule has 0 unspecified atom stereocenters. The number of rotatable bonds is 5. The molecule has 1 heterocycles. The third-order valence-electron chi connectivity index (χ3n) is 6.80. The zero-order chi connectivity index (χ0) is 28.2. The van der Waals surface area contributed by atoms with Crippen LogP contribution in [0.3, 0.4) is 0 Å². The summed E-state index contributed by atoms with van der Waals surface area (Å²) in [6.45, 7) is 11.0. The smallest absolute Gasteiger partial charge is 0.337 e. The first-order valence-corrected chi connectivity index (χ1v) is 14.1. The molecule has 0 amide bonds. The summed E-state index contributed by atoms with van der Waals surface area (Å²) in [6.07, 6.45) is -0.220. The second kappa shape index (κ2) is 9.57. The van der Waals surface area contributed by atoms with Crippen LogP contribution in [0.25, 0.3) is 22.3 Å². The summed E-state index contributed by atoms with van der Waals surface area (Å²) in [5, 5.41) is 20.4. The van der Waals surface area contributed by atoms with E-state index in [1.807, 2.05) is 44.2 Å². The normalized spacial score (nSPS) is 13.9. The quantitative estimate of drug-likeness (QED) is 0.429. The van der Waals surface area contributed by atoms with Crippen molar-refractivity contribution in [1.82, 2.24) is 0 Å². The van der Waals surface area contributed by atoms with E-state index in [1.165, 1.54) is 4.31 Å². The van der Waals surface area contributed by atoms with Crippen molar-refractivity contribution in [1.29, 1.82) is 5.26 Å². The van der Waals surface area contributed by atoms with E-state index in [0.29, 0.717) is 50.2 Å². The van der Waals surface area contributed by atoms with Gasteiger partial charge in [0.25, 0.3) is 0 Å². The fraction of sp³-hybridized carbons (Fsp3) is 0.333. The average molecular weight is 533 g/mol. The zero-order valence-corrected chi connectivity index (χ0v) is 23.5. The summed E-state index contributed by atoms with van der Waals surface area (Å²) in [5.74, 6) is -1.17. The molecule has 3 aromatic rings. The Balaban J connectivity index is 2.25. The van der Waals surface area contributed by atoms with E-state index in [1.54, 1.807) is 39.8 Å². The van der Waals surface area contributed by atoms with Gasteiger partial charge in [-0.2, -0.15) is 5.26 Å².